The first-order chi connectivity index (χ1) is 14.0. The summed E-state index contributed by atoms with van der Waals surface area (Å²) < 4.78 is 7.69. The Labute approximate surface area is 171 Å². The van der Waals surface area contributed by atoms with Gasteiger partial charge in [-0.1, -0.05) is 30.3 Å². The molecule has 0 fully saturated rings. The van der Waals surface area contributed by atoms with Crippen molar-refractivity contribution in [2.24, 2.45) is 0 Å². The maximum atomic E-state index is 12.8. The molecular weight excluding hydrogens is 364 g/mol. The number of benzene rings is 1. The molecule has 1 aromatic carbocycles. The average molecular weight is 393 g/mol. The molecule has 1 aliphatic rings. The number of rotatable bonds is 6. The molecule has 0 saturated heterocycles. The summed E-state index contributed by atoms with van der Waals surface area (Å²) in [6.07, 6.45) is 2.73. The van der Waals surface area contributed by atoms with Gasteiger partial charge in [0.25, 0.3) is 5.91 Å². The number of hydrogen-bond donors (Lipinski definition) is 1. The summed E-state index contributed by atoms with van der Waals surface area (Å²) in [7, 11) is 3.56. The number of carbonyl (C=O) groups is 1. The number of furan rings is 1. The van der Waals surface area contributed by atoms with Crippen molar-refractivity contribution in [3.05, 3.63) is 76.5 Å². The van der Waals surface area contributed by atoms with Crippen molar-refractivity contribution in [2.75, 3.05) is 14.1 Å². The van der Waals surface area contributed by atoms with Gasteiger partial charge in [-0.15, -0.1) is 0 Å². The molecule has 0 spiro atoms. The van der Waals surface area contributed by atoms with Crippen LogP contribution in [0.25, 0.3) is 0 Å². The van der Waals surface area contributed by atoms with Crippen LogP contribution >= 0.6 is 0 Å². The molecule has 1 N–H and O–H groups in total. The van der Waals surface area contributed by atoms with Crippen LogP contribution < -0.4 is 5.32 Å². The maximum Gasteiger partial charge on any atom is 0.274 e. The van der Waals surface area contributed by atoms with Gasteiger partial charge >= 0.3 is 0 Å². The van der Waals surface area contributed by atoms with E-state index in [9.17, 15) is 4.79 Å². The van der Waals surface area contributed by atoms with Gasteiger partial charge in [-0.3, -0.25) is 9.48 Å². The van der Waals surface area contributed by atoms with Crippen LogP contribution in [0.1, 0.15) is 45.3 Å². The zero-order chi connectivity index (χ0) is 20.4. The predicted molar refractivity (Wildman–Crippen MR) is 112 cm³/mol. The Kier molecular flexibility index (Phi) is 5.53. The van der Waals surface area contributed by atoms with Crippen molar-refractivity contribution in [3.63, 3.8) is 0 Å². The molecule has 0 radical (unpaired) electrons. The molecule has 29 heavy (non-hydrogen) atoms. The minimum Gasteiger partial charge on any atom is -0.465 e. The molecule has 2 heterocycles. The number of nitrogens with zero attached hydrogens (tertiary/aromatic N) is 3. The SMILES string of the molecule is Cc1ccc(CNC2CCc3c(c(C(=O)N(C)C)nn3Cc3ccccc3)C2)o1. The van der Waals surface area contributed by atoms with Crippen molar-refractivity contribution in [3.8, 4) is 0 Å². The number of amides is 1. The van der Waals surface area contributed by atoms with Gasteiger partial charge in [0.2, 0.25) is 0 Å². The highest BCUT2D eigenvalue weighted by atomic mass is 16.3. The fourth-order valence-corrected chi connectivity index (χ4v) is 3.96. The molecule has 152 valence electrons. The summed E-state index contributed by atoms with van der Waals surface area (Å²) >= 11 is 0. The Morgan fingerprint density at radius 2 is 2.03 bits per heavy atom. The number of fused-ring (bicyclic) bond motifs is 1. The van der Waals surface area contributed by atoms with Crippen molar-refractivity contribution < 1.29 is 9.21 Å². The molecule has 6 heteroatoms. The summed E-state index contributed by atoms with van der Waals surface area (Å²) in [6, 6.07) is 14.6. The van der Waals surface area contributed by atoms with Crippen LogP contribution in [0.3, 0.4) is 0 Å². The summed E-state index contributed by atoms with van der Waals surface area (Å²) in [4.78, 5) is 14.4. The molecule has 1 atom stereocenters. The third kappa shape index (κ3) is 4.27. The van der Waals surface area contributed by atoms with E-state index >= 15 is 0 Å². The van der Waals surface area contributed by atoms with Crippen LogP contribution in [0.15, 0.2) is 46.9 Å². The number of aryl methyl sites for hydroxylation is 1. The molecule has 2 aromatic heterocycles. The van der Waals surface area contributed by atoms with Gasteiger partial charge in [0.05, 0.1) is 13.1 Å². The van der Waals surface area contributed by atoms with Gasteiger partial charge in [-0.2, -0.15) is 5.10 Å². The lowest BCUT2D eigenvalue weighted by Crippen LogP contribution is -2.35. The number of hydrogen-bond acceptors (Lipinski definition) is 4. The van der Waals surface area contributed by atoms with E-state index in [0.29, 0.717) is 24.8 Å². The minimum atomic E-state index is -0.0321. The summed E-state index contributed by atoms with van der Waals surface area (Å²) in [5, 5.41) is 8.33. The number of aromatic nitrogens is 2. The monoisotopic (exact) mass is 392 g/mol. The van der Waals surface area contributed by atoms with Crippen LogP contribution in [0.4, 0.5) is 0 Å². The van der Waals surface area contributed by atoms with E-state index in [2.05, 4.69) is 17.4 Å². The highest BCUT2D eigenvalue weighted by Gasteiger charge is 2.29. The molecule has 0 bridgehead atoms. The van der Waals surface area contributed by atoms with E-state index < -0.39 is 0 Å². The molecule has 6 nitrogen and oxygen atoms in total. The highest BCUT2D eigenvalue weighted by molar-refractivity contribution is 5.93. The standard InChI is InChI=1S/C23H28N4O2/c1-16-9-11-19(29-16)14-24-18-10-12-21-20(13-18)22(23(28)26(2)3)25-27(21)15-17-7-5-4-6-8-17/h4-9,11,18,24H,10,12-15H2,1-3H3. The van der Waals surface area contributed by atoms with Crippen molar-refractivity contribution in [1.29, 1.82) is 0 Å². The van der Waals surface area contributed by atoms with Gasteiger partial charge in [0.15, 0.2) is 5.69 Å². The lowest BCUT2D eigenvalue weighted by atomic mass is 9.91. The fraction of sp³-hybridized carbons (Fsp3) is 0.391. The van der Waals surface area contributed by atoms with Crippen LogP contribution in [-0.4, -0.2) is 40.7 Å². The van der Waals surface area contributed by atoms with E-state index in [1.165, 1.54) is 11.3 Å². The molecule has 0 aliphatic heterocycles. The topological polar surface area (TPSA) is 63.3 Å². The molecule has 1 amide bonds. The van der Waals surface area contributed by atoms with Crippen LogP contribution in [0.2, 0.25) is 0 Å². The van der Waals surface area contributed by atoms with Crippen LogP contribution in [-0.2, 0) is 25.9 Å². The van der Waals surface area contributed by atoms with Gasteiger partial charge in [0, 0.05) is 31.4 Å². The number of nitrogens with one attached hydrogen (secondary N) is 1. The zero-order valence-corrected chi connectivity index (χ0v) is 17.3. The van der Waals surface area contributed by atoms with Crippen LogP contribution in [0, 0.1) is 6.92 Å². The fourth-order valence-electron chi connectivity index (χ4n) is 3.96. The smallest absolute Gasteiger partial charge is 0.274 e. The van der Waals surface area contributed by atoms with E-state index in [1.807, 2.05) is 41.9 Å². The van der Waals surface area contributed by atoms with Gasteiger partial charge < -0.3 is 14.6 Å². The van der Waals surface area contributed by atoms with Crippen molar-refractivity contribution in [2.45, 2.75) is 45.3 Å². The van der Waals surface area contributed by atoms with Crippen LogP contribution in [0.5, 0.6) is 0 Å². The molecule has 1 unspecified atom stereocenters. The molecular formula is C23H28N4O2. The minimum absolute atomic E-state index is 0.0321. The van der Waals surface area contributed by atoms with Gasteiger partial charge in [0.1, 0.15) is 11.5 Å². The predicted octanol–water partition coefficient (Wildman–Crippen LogP) is 3.18. The quantitative estimate of drug-likeness (QED) is 0.700. The second kappa shape index (κ2) is 8.25. The highest BCUT2D eigenvalue weighted by Crippen LogP contribution is 2.26. The van der Waals surface area contributed by atoms with E-state index in [4.69, 9.17) is 9.52 Å². The van der Waals surface area contributed by atoms with Crippen molar-refractivity contribution in [1.82, 2.24) is 20.0 Å². The van der Waals surface area contributed by atoms with E-state index in [1.54, 1.807) is 19.0 Å². The summed E-state index contributed by atoms with van der Waals surface area (Å²) in [5.74, 6) is 1.84. The molecule has 1 aliphatic carbocycles. The first kappa shape index (κ1) is 19.5. The Balaban J connectivity index is 1.56. The van der Waals surface area contributed by atoms with Gasteiger partial charge in [-0.25, -0.2) is 0 Å². The molecule has 0 saturated carbocycles. The second-order valence-corrected chi connectivity index (χ2v) is 7.95. The average Bonchev–Trinajstić information content (AvgIpc) is 3.30. The Bertz CT molecular complexity index is 988. The lowest BCUT2D eigenvalue weighted by Gasteiger charge is -2.24. The Hall–Kier alpha value is -2.86. The first-order valence-corrected chi connectivity index (χ1v) is 10.1. The third-order valence-corrected chi connectivity index (χ3v) is 5.49. The van der Waals surface area contributed by atoms with Gasteiger partial charge in [-0.05, 0) is 43.9 Å². The van der Waals surface area contributed by atoms with Crippen molar-refractivity contribution >= 4 is 5.91 Å². The zero-order valence-electron chi connectivity index (χ0n) is 17.3. The molecule has 3 aromatic rings. The van der Waals surface area contributed by atoms with E-state index in [0.717, 1.165) is 36.3 Å². The third-order valence-electron chi connectivity index (χ3n) is 5.49. The van der Waals surface area contributed by atoms with E-state index in [-0.39, 0.29) is 5.91 Å². The Morgan fingerprint density at radius 1 is 1.24 bits per heavy atom. The Morgan fingerprint density at radius 3 is 2.72 bits per heavy atom. The lowest BCUT2D eigenvalue weighted by molar-refractivity contribution is 0.0820. The summed E-state index contributed by atoms with van der Waals surface area (Å²) in [5.41, 5.74) is 4.04. The largest absolute Gasteiger partial charge is 0.465 e. The second-order valence-electron chi connectivity index (χ2n) is 7.95. The molecule has 4 rings (SSSR count). The first-order valence-electron chi connectivity index (χ1n) is 10.1. The maximum absolute atomic E-state index is 12.8. The summed E-state index contributed by atoms with van der Waals surface area (Å²) in [6.45, 7) is 3.34. The normalized spacial score (nSPS) is 15.9. The number of carbonyl (C=O) groups excluding carboxylic acids is 1.